The Morgan fingerprint density at radius 1 is 0.231 bits per heavy atom. The van der Waals surface area contributed by atoms with Crippen LogP contribution in [0, 0.1) is 0 Å². The van der Waals surface area contributed by atoms with Gasteiger partial charge in [0.05, 0.1) is 0 Å². The van der Waals surface area contributed by atoms with E-state index in [1.54, 1.807) is 0 Å². The third-order valence-electron chi connectivity index (χ3n) is 10.3. The van der Waals surface area contributed by atoms with Crippen molar-refractivity contribution in [2.45, 2.75) is 0 Å². The van der Waals surface area contributed by atoms with Crippen LogP contribution in [0.1, 0.15) is 41.4 Å². The molecular formula is C48H28O4. The number of carbonyl (C=O) groups excluding carboxylic acids is 4. The molecule has 4 heteroatoms. The lowest BCUT2D eigenvalue weighted by Crippen LogP contribution is -1.95. The van der Waals surface area contributed by atoms with Crippen LogP contribution in [-0.4, -0.2) is 25.1 Å². The van der Waals surface area contributed by atoms with Gasteiger partial charge in [0, 0.05) is 22.3 Å². The van der Waals surface area contributed by atoms with Crippen LogP contribution < -0.4 is 0 Å². The zero-order valence-electron chi connectivity index (χ0n) is 27.8. The predicted molar refractivity (Wildman–Crippen MR) is 211 cm³/mol. The molecule has 9 aromatic rings. The first kappa shape index (κ1) is 31.0. The summed E-state index contributed by atoms with van der Waals surface area (Å²) in [6.07, 6.45) is 3.42. The molecule has 0 radical (unpaired) electrons. The minimum Gasteiger partial charge on any atom is -0.298 e. The summed E-state index contributed by atoms with van der Waals surface area (Å²) in [5, 5.41) is 8.89. The van der Waals surface area contributed by atoms with Crippen molar-refractivity contribution in [2.75, 3.05) is 0 Å². The molecule has 0 N–H and O–H groups in total. The first-order valence-electron chi connectivity index (χ1n) is 17.0. The molecule has 0 fully saturated rings. The minimum absolute atomic E-state index is 0.616. The van der Waals surface area contributed by atoms with E-state index in [1.807, 2.05) is 97.1 Å². The van der Waals surface area contributed by atoms with Gasteiger partial charge in [0.1, 0.15) is 25.1 Å². The minimum atomic E-state index is 0.616. The van der Waals surface area contributed by atoms with E-state index in [2.05, 4.69) is 48.5 Å². The van der Waals surface area contributed by atoms with Gasteiger partial charge < -0.3 is 0 Å². The molecule has 9 rings (SSSR count). The summed E-state index contributed by atoms with van der Waals surface area (Å²) >= 11 is 0. The van der Waals surface area contributed by atoms with Gasteiger partial charge in [0.15, 0.2) is 0 Å². The topological polar surface area (TPSA) is 68.3 Å². The highest BCUT2D eigenvalue weighted by Crippen LogP contribution is 2.49. The molecular weight excluding hydrogens is 641 g/mol. The molecule has 0 bridgehead atoms. The average molecular weight is 669 g/mol. The van der Waals surface area contributed by atoms with Crippen molar-refractivity contribution in [3.8, 4) is 44.5 Å². The average Bonchev–Trinajstić information content (AvgIpc) is 3.22. The molecule has 0 aliphatic heterocycles. The summed E-state index contributed by atoms with van der Waals surface area (Å²) in [6, 6.07) is 48.2. The van der Waals surface area contributed by atoms with Gasteiger partial charge in [-0.3, -0.25) is 19.2 Å². The molecule has 4 nitrogen and oxygen atoms in total. The number of fused-ring (bicyclic) bond motifs is 2. The third-order valence-corrected chi connectivity index (χ3v) is 10.3. The largest absolute Gasteiger partial charge is 0.298 e. The molecule has 0 atom stereocenters. The van der Waals surface area contributed by atoms with Gasteiger partial charge in [-0.25, -0.2) is 0 Å². The van der Waals surface area contributed by atoms with Gasteiger partial charge in [-0.1, -0.05) is 146 Å². The van der Waals surface area contributed by atoms with Crippen molar-refractivity contribution >= 4 is 68.2 Å². The van der Waals surface area contributed by atoms with Crippen molar-refractivity contribution in [3.63, 3.8) is 0 Å². The number of aldehydes is 4. The Labute approximate surface area is 298 Å². The van der Waals surface area contributed by atoms with E-state index in [0.717, 1.165) is 113 Å². The zero-order chi connectivity index (χ0) is 35.3. The van der Waals surface area contributed by atoms with Crippen molar-refractivity contribution in [1.29, 1.82) is 0 Å². The molecule has 0 aromatic heterocycles. The van der Waals surface area contributed by atoms with Crippen LogP contribution in [0.15, 0.2) is 146 Å². The maximum absolute atomic E-state index is 11.5. The summed E-state index contributed by atoms with van der Waals surface area (Å²) in [7, 11) is 0. The Morgan fingerprint density at radius 2 is 0.442 bits per heavy atom. The molecule has 0 spiro atoms. The first-order chi connectivity index (χ1) is 25.6. The Balaban J connectivity index is 1.43. The summed E-state index contributed by atoms with van der Waals surface area (Å²) in [4.78, 5) is 46.1. The van der Waals surface area contributed by atoms with Crippen LogP contribution >= 0.6 is 0 Å². The number of carbonyl (C=O) groups is 4. The van der Waals surface area contributed by atoms with Crippen LogP contribution in [0.4, 0.5) is 0 Å². The molecule has 0 amide bonds. The molecule has 0 saturated heterocycles. The summed E-state index contributed by atoms with van der Waals surface area (Å²) in [5.74, 6) is 0. The number of hydrogen-bond donors (Lipinski definition) is 0. The number of benzene rings is 9. The summed E-state index contributed by atoms with van der Waals surface area (Å²) < 4.78 is 0. The Kier molecular flexibility index (Phi) is 7.37. The van der Waals surface area contributed by atoms with Gasteiger partial charge in [-0.15, -0.1) is 0 Å². The first-order valence-corrected chi connectivity index (χ1v) is 17.0. The van der Waals surface area contributed by atoms with E-state index in [1.165, 1.54) is 0 Å². The lowest BCUT2D eigenvalue weighted by molar-refractivity contribution is 0.111. The number of hydrogen-bond acceptors (Lipinski definition) is 4. The fraction of sp³-hybridized carbons (Fsp3) is 0. The van der Waals surface area contributed by atoms with Gasteiger partial charge in [0.25, 0.3) is 0 Å². The molecule has 0 aliphatic carbocycles. The second kappa shape index (κ2) is 12.4. The highest BCUT2D eigenvalue weighted by molar-refractivity contribution is 6.37. The highest BCUT2D eigenvalue weighted by atomic mass is 16.1. The van der Waals surface area contributed by atoms with Gasteiger partial charge in [-0.2, -0.15) is 0 Å². The fourth-order valence-corrected chi connectivity index (χ4v) is 7.82. The van der Waals surface area contributed by atoms with Crippen molar-refractivity contribution in [2.24, 2.45) is 0 Å². The van der Waals surface area contributed by atoms with E-state index in [-0.39, 0.29) is 0 Å². The lowest BCUT2D eigenvalue weighted by Gasteiger charge is -2.22. The van der Waals surface area contributed by atoms with Crippen molar-refractivity contribution in [1.82, 2.24) is 0 Å². The molecule has 9 aromatic carbocycles. The van der Waals surface area contributed by atoms with Crippen LogP contribution in [0.25, 0.3) is 87.6 Å². The Bertz CT molecular complexity index is 2470. The maximum Gasteiger partial charge on any atom is 0.150 e. The summed E-state index contributed by atoms with van der Waals surface area (Å²) in [6.45, 7) is 0. The lowest BCUT2D eigenvalue weighted by atomic mass is 9.81. The molecule has 0 saturated carbocycles. The van der Waals surface area contributed by atoms with Crippen LogP contribution in [-0.2, 0) is 0 Å². The molecule has 0 unspecified atom stereocenters. The molecule has 244 valence electrons. The second-order valence-corrected chi connectivity index (χ2v) is 13.1. The Hall–Kier alpha value is -7.04. The van der Waals surface area contributed by atoms with Crippen molar-refractivity contribution in [3.05, 3.63) is 168 Å². The van der Waals surface area contributed by atoms with E-state index in [9.17, 15) is 19.2 Å². The van der Waals surface area contributed by atoms with Crippen LogP contribution in [0.3, 0.4) is 0 Å². The normalized spacial score (nSPS) is 11.4. The van der Waals surface area contributed by atoms with E-state index < -0.39 is 0 Å². The quantitative estimate of drug-likeness (QED) is 0.0918. The monoisotopic (exact) mass is 668 g/mol. The van der Waals surface area contributed by atoms with Gasteiger partial charge in [0.2, 0.25) is 0 Å². The van der Waals surface area contributed by atoms with Gasteiger partial charge in [-0.05, 0) is 87.6 Å². The van der Waals surface area contributed by atoms with E-state index in [4.69, 9.17) is 0 Å². The third kappa shape index (κ3) is 4.84. The molecule has 0 heterocycles. The fourth-order valence-electron chi connectivity index (χ4n) is 7.82. The molecule has 52 heavy (non-hydrogen) atoms. The standard InChI is InChI=1S/C48H28O4/c49-25-29-1-9-33(10-2-29)37-17-21-41-43-23-19-39(35-13-5-31(27-51)6-14-35)46-40(36-15-7-32(28-52)8-16-36)20-24-44(48(43)46)42-22-18-38(45(37)47(41)42)34-11-3-30(26-50)4-12-34/h1-28H. The summed E-state index contributed by atoms with van der Waals surface area (Å²) in [5.41, 5.74) is 10.6. The highest BCUT2D eigenvalue weighted by Gasteiger charge is 2.22. The SMILES string of the molecule is O=Cc1ccc(-c2ccc3c4ccc(-c5ccc(C=O)cc5)c5c(-c6ccc(C=O)cc6)ccc(c6ccc(-c7ccc(C=O)cc7)c2c36)c54)cc1. The zero-order valence-corrected chi connectivity index (χ0v) is 27.8. The maximum atomic E-state index is 11.5. The second-order valence-electron chi connectivity index (χ2n) is 13.1. The smallest absolute Gasteiger partial charge is 0.150 e. The molecule has 0 aliphatic rings. The van der Waals surface area contributed by atoms with Crippen molar-refractivity contribution < 1.29 is 19.2 Å². The predicted octanol–water partition coefficient (Wildman–Crippen LogP) is 11.7. The van der Waals surface area contributed by atoms with E-state index in [0.29, 0.717) is 22.3 Å². The van der Waals surface area contributed by atoms with E-state index >= 15 is 0 Å². The number of rotatable bonds is 8. The Morgan fingerprint density at radius 3 is 0.635 bits per heavy atom. The van der Waals surface area contributed by atoms with Gasteiger partial charge >= 0.3 is 0 Å². The van der Waals surface area contributed by atoms with Crippen LogP contribution in [0.5, 0.6) is 0 Å². The van der Waals surface area contributed by atoms with Crippen LogP contribution in [0.2, 0.25) is 0 Å².